The van der Waals surface area contributed by atoms with E-state index in [0.717, 1.165) is 17.0 Å². The average molecular weight is 203 g/mol. The highest BCUT2D eigenvalue weighted by Crippen LogP contribution is 2.11. The number of rotatable bonds is 2. The van der Waals surface area contributed by atoms with Crippen LogP contribution in [0.25, 0.3) is 5.65 Å². The molecule has 0 fully saturated rings. The highest BCUT2D eigenvalue weighted by atomic mass is 16.1. The number of hydrogen-bond acceptors (Lipinski definition) is 2. The van der Waals surface area contributed by atoms with Crippen LogP contribution < -0.4 is 5.32 Å². The largest absolute Gasteiger partial charge is 0.325 e. The van der Waals surface area contributed by atoms with Crippen molar-refractivity contribution in [3.05, 3.63) is 30.2 Å². The second kappa shape index (κ2) is 3.73. The van der Waals surface area contributed by atoms with Crippen LogP contribution in [0.15, 0.2) is 24.5 Å². The highest BCUT2D eigenvalue weighted by molar-refractivity contribution is 5.90. The summed E-state index contributed by atoms with van der Waals surface area (Å²) in [5, 5.41) is 2.81. The van der Waals surface area contributed by atoms with Gasteiger partial charge in [-0.25, -0.2) is 4.98 Å². The number of anilines is 1. The molecular weight excluding hydrogens is 190 g/mol. The Hall–Kier alpha value is -1.84. The van der Waals surface area contributed by atoms with E-state index in [0.29, 0.717) is 6.42 Å². The number of nitrogens with zero attached hydrogens (tertiary/aromatic N) is 2. The van der Waals surface area contributed by atoms with Gasteiger partial charge in [-0.3, -0.25) is 4.79 Å². The summed E-state index contributed by atoms with van der Waals surface area (Å²) in [6, 6.07) is 3.74. The molecule has 0 aliphatic rings. The molecule has 2 aromatic rings. The summed E-state index contributed by atoms with van der Waals surface area (Å²) in [5.74, 6) is 0.0196. The summed E-state index contributed by atoms with van der Waals surface area (Å²) in [4.78, 5) is 15.5. The second-order valence-electron chi connectivity index (χ2n) is 3.47. The maximum Gasteiger partial charge on any atom is 0.224 e. The Morgan fingerprint density at radius 3 is 3.00 bits per heavy atom. The van der Waals surface area contributed by atoms with Gasteiger partial charge in [0.2, 0.25) is 5.91 Å². The first-order chi connectivity index (χ1) is 7.19. The number of carbonyl (C=O) groups excluding carboxylic acids is 1. The molecule has 0 radical (unpaired) electrons. The summed E-state index contributed by atoms with van der Waals surface area (Å²) in [6.45, 7) is 3.77. The number of hydrogen-bond donors (Lipinski definition) is 1. The fourth-order valence-corrected chi connectivity index (χ4v) is 1.44. The van der Waals surface area contributed by atoms with Crippen molar-refractivity contribution in [3.8, 4) is 0 Å². The predicted molar refractivity (Wildman–Crippen MR) is 58.8 cm³/mol. The maximum atomic E-state index is 11.2. The van der Waals surface area contributed by atoms with Crippen molar-refractivity contribution < 1.29 is 4.79 Å². The average Bonchev–Trinajstić information content (AvgIpc) is 2.57. The summed E-state index contributed by atoms with van der Waals surface area (Å²) in [7, 11) is 0. The summed E-state index contributed by atoms with van der Waals surface area (Å²) in [6.07, 6.45) is 4.28. The molecular formula is C11H13N3O. The lowest BCUT2D eigenvalue weighted by atomic mass is 10.3. The number of aromatic nitrogens is 2. The van der Waals surface area contributed by atoms with Gasteiger partial charge >= 0.3 is 0 Å². The maximum absolute atomic E-state index is 11.2. The first kappa shape index (κ1) is 9.71. The Balaban J connectivity index is 2.33. The number of fused-ring (bicyclic) bond motifs is 1. The number of imidazole rings is 1. The van der Waals surface area contributed by atoms with Crippen LogP contribution >= 0.6 is 0 Å². The Morgan fingerprint density at radius 2 is 2.27 bits per heavy atom. The van der Waals surface area contributed by atoms with Crippen LogP contribution in [0.5, 0.6) is 0 Å². The summed E-state index contributed by atoms with van der Waals surface area (Å²) < 4.78 is 1.90. The smallest absolute Gasteiger partial charge is 0.224 e. The van der Waals surface area contributed by atoms with Crippen LogP contribution in [-0.2, 0) is 4.79 Å². The van der Waals surface area contributed by atoms with Gasteiger partial charge in [-0.15, -0.1) is 0 Å². The molecule has 1 N–H and O–H groups in total. The fourth-order valence-electron chi connectivity index (χ4n) is 1.44. The molecule has 4 nitrogen and oxygen atoms in total. The third-order valence-electron chi connectivity index (χ3n) is 2.18. The molecule has 0 aromatic carbocycles. The molecule has 0 saturated carbocycles. The third-order valence-corrected chi connectivity index (χ3v) is 2.18. The van der Waals surface area contributed by atoms with Gasteiger partial charge in [0.05, 0.1) is 11.4 Å². The highest BCUT2D eigenvalue weighted by Gasteiger charge is 2.01. The Labute approximate surface area is 87.9 Å². The number of carbonyl (C=O) groups is 1. The van der Waals surface area contributed by atoms with E-state index in [4.69, 9.17) is 0 Å². The van der Waals surface area contributed by atoms with Crippen molar-refractivity contribution in [2.75, 3.05) is 5.32 Å². The van der Waals surface area contributed by atoms with Gasteiger partial charge in [-0.1, -0.05) is 6.92 Å². The van der Waals surface area contributed by atoms with Crippen LogP contribution in [0.2, 0.25) is 0 Å². The van der Waals surface area contributed by atoms with E-state index in [1.807, 2.05) is 42.8 Å². The van der Waals surface area contributed by atoms with E-state index in [-0.39, 0.29) is 5.91 Å². The quantitative estimate of drug-likeness (QED) is 0.811. The zero-order valence-electron chi connectivity index (χ0n) is 8.82. The van der Waals surface area contributed by atoms with Gasteiger partial charge in [0.25, 0.3) is 0 Å². The van der Waals surface area contributed by atoms with Crippen LogP contribution in [0.4, 0.5) is 5.69 Å². The van der Waals surface area contributed by atoms with E-state index in [1.54, 1.807) is 0 Å². The molecule has 0 bridgehead atoms. The molecule has 2 rings (SSSR count). The Morgan fingerprint density at radius 1 is 1.47 bits per heavy atom. The fraction of sp³-hybridized carbons (Fsp3) is 0.273. The molecule has 0 spiro atoms. The van der Waals surface area contributed by atoms with Crippen LogP contribution in [-0.4, -0.2) is 15.3 Å². The first-order valence-electron chi connectivity index (χ1n) is 4.94. The molecule has 78 valence electrons. The van der Waals surface area contributed by atoms with Crippen molar-refractivity contribution >= 4 is 17.2 Å². The molecule has 4 heteroatoms. The summed E-state index contributed by atoms with van der Waals surface area (Å²) >= 11 is 0. The molecule has 2 heterocycles. The molecule has 2 aromatic heterocycles. The van der Waals surface area contributed by atoms with Gasteiger partial charge in [-0.05, 0) is 19.1 Å². The van der Waals surface area contributed by atoms with E-state index in [1.165, 1.54) is 0 Å². The van der Waals surface area contributed by atoms with Crippen LogP contribution in [0.3, 0.4) is 0 Å². The minimum absolute atomic E-state index is 0.0196. The molecule has 0 aliphatic heterocycles. The monoisotopic (exact) mass is 203 g/mol. The topological polar surface area (TPSA) is 46.4 Å². The van der Waals surface area contributed by atoms with Gasteiger partial charge in [-0.2, -0.15) is 0 Å². The summed E-state index contributed by atoms with van der Waals surface area (Å²) in [5.41, 5.74) is 2.66. The van der Waals surface area contributed by atoms with Crippen LogP contribution in [0.1, 0.15) is 19.0 Å². The van der Waals surface area contributed by atoms with Gasteiger partial charge in [0.1, 0.15) is 5.65 Å². The van der Waals surface area contributed by atoms with Crippen molar-refractivity contribution in [2.45, 2.75) is 20.3 Å². The third kappa shape index (κ3) is 1.98. The van der Waals surface area contributed by atoms with Crippen molar-refractivity contribution in [3.63, 3.8) is 0 Å². The first-order valence-corrected chi connectivity index (χ1v) is 4.94. The number of aryl methyl sites for hydroxylation is 1. The molecule has 0 saturated heterocycles. The van der Waals surface area contributed by atoms with Gasteiger partial charge < -0.3 is 9.72 Å². The van der Waals surface area contributed by atoms with E-state index in [2.05, 4.69) is 10.3 Å². The van der Waals surface area contributed by atoms with Gasteiger partial charge in [0.15, 0.2) is 0 Å². The van der Waals surface area contributed by atoms with Crippen LogP contribution in [0, 0.1) is 6.92 Å². The molecule has 0 aliphatic carbocycles. The normalized spacial score (nSPS) is 10.5. The van der Waals surface area contributed by atoms with Crippen molar-refractivity contribution in [1.82, 2.24) is 9.38 Å². The Kier molecular flexibility index (Phi) is 2.41. The standard InChI is InChI=1S/C11H13N3O/c1-3-11(15)13-9-4-5-10-12-8(2)6-14(10)7-9/h4-7H,3H2,1-2H3,(H,13,15). The minimum Gasteiger partial charge on any atom is -0.325 e. The minimum atomic E-state index is 0.0196. The SMILES string of the molecule is CCC(=O)Nc1ccc2nc(C)cn2c1. The number of pyridine rings is 1. The zero-order chi connectivity index (χ0) is 10.8. The second-order valence-corrected chi connectivity index (χ2v) is 3.47. The van der Waals surface area contributed by atoms with E-state index < -0.39 is 0 Å². The Bertz CT molecular complexity index is 502. The van der Waals surface area contributed by atoms with E-state index in [9.17, 15) is 4.79 Å². The van der Waals surface area contributed by atoms with Crippen molar-refractivity contribution in [1.29, 1.82) is 0 Å². The number of amides is 1. The number of nitrogens with one attached hydrogen (secondary N) is 1. The molecule has 0 unspecified atom stereocenters. The lowest BCUT2D eigenvalue weighted by Crippen LogP contribution is -2.09. The lowest BCUT2D eigenvalue weighted by Gasteiger charge is -2.03. The lowest BCUT2D eigenvalue weighted by molar-refractivity contribution is -0.115. The van der Waals surface area contributed by atoms with E-state index >= 15 is 0 Å². The zero-order valence-corrected chi connectivity index (χ0v) is 8.82. The van der Waals surface area contributed by atoms with Gasteiger partial charge in [0, 0.05) is 18.8 Å². The molecule has 0 atom stereocenters. The molecule has 1 amide bonds. The predicted octanol–water partition coefficient (Wildman–Crippen LogP) is 1.99. The van der Waals surface area contributed by atoms with Crippen molar-refractivity contribution in [2.24, 2.45) is 0 Å². The molecule has 15 heavy (non-hydrogen) atoms.